The van der Waals surface area contributed by atoms with Crippen molar-refractivity contribution in [2.45, 2.75) is 17.7 Å². The van der Waals surface area contributed by atoms with E-state index in [1.165, 1.54) is 47.9 Å². The number of ether oxygens (including phenoxy) is 1. The standard InChI is InChI=1S/C19H18FN3O2S2/c1-3-12-6-4-5-7-15(12)21-18-22-23-19(27-18)26-11-16(24)13-8-9-17(25-2)14(20)10-13/h4-10H,3,11H2,1-2H3,(H,21,22). The number of para-hydroxylation sites is 1. The summed E-state index contributed by atoms with van der Waals surface area (Å²) in [5.74, 6) is -0.453. The van der Waals surface area contributed by atoms with Crippen LogP contribution in [-0.2, 0) is 6.42 Å². The van der Waals surface area contributed by atoms with Crippen LogP contribution in [-0.4, -0.2) is 28.8 Å². The van der Waals surface area contributed by atoms with Gasteiger partial charge in [0.15, 0.2) is 21.7 Å². The summed E-state index contributed by atoms with van der Waals surface area (Å²) >= 11 is 2.66. The first kappa shape index (κ1) is 19.3. The molecule has 1 N–H and O–H groups in total. The Labute approximate surface area is 165 Å². The zero-order valence-corrected chi connectivity index (χ0v) is 16.5. The molecule has 0 spiro atoms. The van der Waals surface area contributed by atoms with E-state index in [4.69, 9.17) is 4.74 Å². The van der Waals surface area contributed by atoms with Crippen molar-refractivity contribution in [1.29, 1.82) is 0 Å². The molecule has 5 nitrogen and oxygen atoms in total. The summed E-state index contributed by atoms with van der Waals surface area (Å²) in [6.45, 7) is 2.09. The van der Waals surface area contributed by atoms with Gasteiger partial charge in [-0.3, -0.25) is 4.79 Å². The Kier molecular flexibility index (Phi) is 6.41. The van der Waals surface area contributed by atoms with E-state index in [9.17, 15) is 9.18 Å². The van der Waals surface area contributed by atoms with E-state index in [2.05, 4.69) is 28.5 Å². The number of nitrogens with zero attached hydrogens (tertiary/aromatic N) is 2. The molecule has 0 atom stereocenters. The minimum absolute atomic E-state index is 0.117. The number of thioether (sulfide) groups is 1. The molecule has 0 aliphatic carbocycles. The Morgan fingerprint density at radius 2 is 2.07 bits per heavy atom. The van der Waals surface area contributed by atoms with Crippen LogP contribution in [0.5, 0.6) is 5.75 Å². The van der Waals surface area contributed by atoms with Gasteiger partial charge in [0.2, 0.25) is 5.13 Å². The highest BCUT2D eigenvalue weighted by atomic mass is 32.2. The molecule has 1 heterocycles. The summed E-state index contributed by atoms with van der Waals surface area (Å²) in [6.07, 6.45) is 0.913. The topological polar surface area (TPSA) is 64.1 Å². The van der Waals surface area contributed by atoms with E-state index in [1.54, 1.807) is 6.07 Å². The highest BCUT2D eigenvalue weighted by Gasteiger charge is 2.13. The molecule has 0 amide bonds. The van der Waals surface area contributed by atoms with Crippen molar-refractivity contribution >= 4 is 39.7 Å². The third kappa shape index (κ3) is 4.84. The van der Waals surface area contributed by atoms with Gasteiger partial charge in [0.1, 0.15) is 0 Å². The number of carbonyl (C=O) groups excluding carboxylic acids is 1. The van der Waals surface area contributed by atoms with Gasteiger partial charge < -0.3 is 10.1 Å². The molecule has 1 aromatic heterocycles. The van der Waals surface area contributed by atoms with E-state index in [-0.39, 0.29) is 17.3 Å². The van der Waals surface area contributed by atoms with E-state index in [0.29, 0.717) is 15.0 Å². The number of hydrogen-bond donors (Lipinski definition) is 1. The van der Waals surface area contributed by atoms with Gasteiger partial charge in [0.25, 0.3) is 0 Å². The molecule has 0 fully saturated rings. The first-order chi connectivity index (χ1) is 13.1. The highest BCUT2D eigenvalue weighted by Crippen LogP contribution is 2.29. The fraction of sp³-hybridized carbons (Fsp3) is 0.211. The number of halogens is 1. The maximum absolute atomic E-state index is 13.7. The number of carbonyl (C=O) groups is 1. The molecule has 0 saturated heterocycles. The van der Waals surface area contributed by atoms with E-state index < -0.39 is 5.82 Å². The quantitative estimate of drug-likeness (QED) is 0.423. The fourth-order valence-electron chi connectivity index (χ4n) is 2.43. The Morgan fingerprint density at radius 1 is 1.26 bits per heavy atom. The van der Waals surface area contributed by atoms with E-state index in [1.807, 2.05) is 18.2 Å². The minimum Gasteiger partial charge on any atom is -0.494 e. The molecule has 0 saturated carbocycles. The van der Waals surface area contributed by atoms with Gasteiger partial charge >= 0.3 is 0 Å². The maximum atomic E-state index is 13.7. The van der Waals surface area contributed by atoms with E-state index >= 15 is 0 Å². The van der Waals surface area contributed by atoms with Gasteiger partial charge in [-0.2, -0.15) is 0 Å². The number of aryl methyl sites for hydroxylation is 1. The third-order valence-electron chi connectivity index (χ3n) is 3.85. The predicted molar refractivity (Wildman–Crippen MR) is 107 cm³/mol. The van der Waals surface area contributed by atoms with Crippen LogP contribution in [0.4, 0.5) is 15.2 Å². The molecule has 0 radical (unpaired) electrons. The molecule has 0 bridgehead atoms. The zero-order valence-electron chi connectivity index (χ0n) is 14.9. The number of methoxy groups -OCH3 is 1. The maximum Gasteiger partial charge on any atom is 0.210 e. The van der Waals surface area contributed by atoms with Crippen LogP contribution in [0.15, 0.2) is 46.8 Å². The Balaban J connectivity index is 1.61. The third-order valence-corrected chi connectivity index (χ3v) is 5.82. The molecule has 3 rings (SSSR count). The molecule has 3 aromatic rings. The van der Waals surface area contributed by atoms with Crippen molar-refractivity contribution in [2.75, 3.05) is 18.2 Å². The monoisotopic (exact) mass is 403 g/mol. The lowest BCUT2D eigenvalue weighted by molar-refractivity contribution is 0.102. The van der Waals surface area contributed by atoms with Gasteiger partial charge in [-0.15, -0.1) is 10.2 Å². The second kappa shape index (κ2) is 8.96. The smallest absolute Gasteiger partial charge is 0.210 e. The van der Waals surface area contributed by atoms with Crippen molar-refractivity contribution < 1.29 is 13.9 Å². The second-order valence-corrected chi connectivity index (χ2v) is 7.77. The highest BCUT2D eigenvalue weighted by molar-refractivity contribution is 8.01. The van der Waals surface area contributed by atoms with Crippen LogP contribution in [0.2, 0.25) is 0 Å². The number of rotatable bonds is 8. The van der Waals surface area contributed by atoms with Crippen LogP contribution in [0, 0.1) is 5.82 Å². The average molecular weight is 404 g/mol. The number of ketones is 1. The summed E-state index contributed by atoms with van der Waals surface area (Å²) in [7, 11) is 1.38. The summed E-state index contributed by atoms with van der Waals surface area (Å²) in [4.78, 5) is 12.3. The molecule has 0 aliphatic heterocycles. The van der Waals surface area contributed by atoms with E-state index in [0.717, 1.165) is 12.1 Å². The van der Waals surface area contributed by atoms with Crippen LogP contribution in [0.25, 0.3) is 0 Å². The van der Waals surface area contributed by atoms with Crippen LogP contribution in [0.3, 0.4) is 0 Å². The lowest BCUT2D eigenvalue weighted by atomic mass is 10.1. The minimum atomic E-state index is -0.551. The Hall–Kier alpha value is -2.45. The predicted octanol–water partition coefficient (Wildman–Crippen LogP) is 4.97. The zero-order chi connectivity index (χ0) is 19.2. The first-order valence-corrected chi connectivity index (χ1v) is 10.1. The molecule has 140 valence electrons. The number of nitrogens with one attached hydrogen (secondary N) is 1. The largest absolute Gasteiger partial charge is 0.494 e. The van der Waals surface area contributed by atoms with Gasteiger partial charge in [0.05, 0.1) is 12.9 Å². The summed E-state index contributed by atoms with van der Waals surface area (Å²) in [6, 6.07) is 12.2. The fourth-order valence-corrected chi connectivity index (χ4v) is 4.09. The molecule has 0 aliphatic rings. The lowest BCUT2D eigenvalue weighted by Crippen LogP contribution is -2.03. The lowest BCUT2D eigenvalue weighted by Gasteiger charge is -2.07. The number of anilines is 2. The van der Waals surface area contributed by atoms with Crippen LogP contribution < -0.4 is 10.1 Å². The molecule has 2 aromatic carbocycles. The second-order valence-electron chi connectivity index (χ2n) is 5.57. The SMILES string of the molecule is CCc1ccccc1Nc1nnc(SCC(=O)c2ccc(OC)c(F)c2)s1. The Morgan fingerprint density at radius 3 is 2.81 bits per heavy atom. The summed E-state index contributed by atoms with van der Waals surface area (Å²) in [5.41, 5.74) is 2.50. The molecule has 0 unspecified atom stereocenters. The van der Waals surface area contributed by atoms with Crippen LogP contribution >= 0.6 is 23.1 Å². The van der Waals surface area contributed by atoms with Gasteiger partial charge in [-0.1, -0.05) is 48.2 Å². The van der Waals surface area contributed by atoms with Gasteiger partial charge in [-0.25, -0.2) is 4.39 Å². The number of aromatic nitrogens is 2. The molecule has 27 heavy (non-hydrogen) atoms. The van der Waals surface area contributed by atoms with Crippen molar-refractivity contribution in [3.63, 3.8) is 0 Å². The molecular formula is C19H18FN3O2S2. The number of Topliss-reactive ketones (excluding diaryl/α,β-unsaturated/α-hetero) is 1. The van der Waals surface area contributed by atoms with Crippen molar-refractivity contribution in [2.24, 2.45) is 0 Å². The number of benzene rings is 2. The summed E-state index contributed by atoms with van der Waals surface area (Å²) < 4.78 is 19.3. The first-order valence-electron chi connectivity index (χ1n) is 8.28. The normalized spacial score (nSPS) is 10.6. The number of hydrogen-bond acceptors (Lipinski definition) is 7. The average Bonchev–Trinajstić information content (AvgIpc) is 3.13. The molecular weight excluding hydrogens is 385 g/mol. The van der Waals surface area contributed by atoms with Gasteiger partial charge in [-0.05, 0) is 36.2 Å². The Bertz CT molecular complexity index is 946. The van der Waals surface area contributed by atoms with Crippen LogP contribution in [0.1, 0.15) is 22.8 Å². The van der Waals surface area contributed by atoms with Gasteiger partial charge in [0, 0.05) is 11.3 Å². The summed E-state index contributed by atoms with van der Waals surface area (Å²) in [5, 5.41) is 12.2. The van der Waals surface area contributed by atoms with Crippen molar-refractivity contribution in [3.8, 4) is 5.75 Å². The molecule has 8 heteroatoms. The van der Waals surface area contributed by atoms with Crippen molar-refractivity contribution in [1.82, 2.24) is 10.2 Å². The van der Waals surface area contributed by atoms with Crippen molar-refractivity contribution in [3.05, 3.63) is 59.4 Å².